The number of benzene rings is 3. The fourth-order valence-corrected chi connectivity index (χ4v) is 4.56. The Morgan fingerprint density at radius 3 is 1.93 bits per heavy atom. The Labute approximate surface area is 175 Å². The quantitative estimate of drug-likeness (QED) is 0.451. The van der Waals surface area contributed by atoms with E-state index in [1.165, 1.54) is 0 Å². The molecule has 0 saturated carbocycles. The molecule has 3 aromatic rings. The Morgan fingerprint density at radius 2 is 1.40 bits per heavy atom. The van der Waals surface area contributed by atoms with Crippen molar-refractivity contribution in [3.05, 3.63) is 23.3 Å². The van der Waals surface area contributed by atoms with Gasteiger partial charge in [0.05, 0.1) is 41.2 Å². The number of likely N-dealkylation sites (N-methyl/N-ethyl adjacent to an activating group) is 1. The minimum absolute atomic E-state index is 0.535. The molecular formula is C23H25NO6. The molecule has 0 unspecified atom stereocenters. The first-order valence-electron chi connectivity index (χ1n) is 9.58. The Morgan fingerprint density at radius 1 is 0.800 bits per heavy atom. The zero-order valence-electron chi connectivity index (χ0n) is 18.0. The molecule has 0 radical (unpaired) electrons. The SMILES string of the molecule is COc1cc2c(C=O)c3c4c(c(OC)c(OC)c(OC)c4c2cc1OC)CCN3C. The number of methoxy groups -OCH3 is 5. The highest BCUT2D eigenvalue weighted by molar-refractivity contribution is 6.25. The van der Waals surface area contributed by atoms with E-state index in [1.807, 2.05) is 19.2 Å². The second-order valence-electron chi connectivity index (χ2n) is 7.13. The Bertz CT molecular complexity index is 1170. The third kappa shape index (κ3) is 2.54. The van der Waals surface area contributed by atoms with E-state index in [9.17, 15) is 4.79 Å². The van der Waals surface area contributed by atoms with E-state index in [2.05, 4.69) is 4.90 Å². The van der Waals surface area contributed by atoms with E-state index in [0.29, 0.717) is 34.3 Å². The molecule has 30 heavy (non-hydrogen) atoms. The summed E-state index contributed by atoms with van der Waals surface area (Å²) in [4.78, 5) is 14.4. The molecule has 0 aromatic heterocycles. The molecule has 3 aromatic carbocycles. The molecule has 4 rings (SSSR count). The molecule has 0 aliphatic carbocycles. The van der Waals surface area contributed by atoms with E-state index >= 15 is 0 Å². The third-order valence-corrected chi connectivity index (χ3v) is 5.85. The maximum absolute atomic E-state index is 12.3. The molecule has 0 atom stereocenters. The summed E-state index contributed by atoms with van der Waals surface area (Å²) in [5.74, 6) is 2.85. The van der Waals surface area contributed by atoms with Crippen molar-refractivity contribution in [2.75, 3.05) is 54.0 Å². The number of nitrogens with zero attached hydrogens (tertiary/aromatic N) is 1. The summed E-state index contributed by atoms with van der Waals surface area (Å²) in [5.41, 5.74) is 2.44. The number of fused-ring (bicyclic) bond motifs is 2. The first-order chi connectivity index (χ1) is 14.6. The van der Waals surface area contributed by atoms with Gasteiger partial charge in [0, 0.05) is 35.5 Å². The predicted octanol–water partition coefficient (Wildman–Crippen LogP) is 3.84. The smallest absolute Gasteiger partial charge is 0.204 e. The molecule has 7 nitrogen and oxygen atoms in total. The van der Waals surface area contributed by atoms with Crippen LogP contribution in [-0.2, 0) is 6.42 Å². The van der Waals surface area contributed by atoms with Crippen LogP contribution in [0.25, 0.3) is 21.5 Å². The van der Waals surface area contributed by atoms with Gasteiger partial charge in [-0.15, -0.1) is 0 Å². The number of anilines is 1. The minimum Gasteiger partial charge on any atom is -0.493 e. The second-order valence-corrected chi connectivity index (χ2v) is 7.13. The summed E-state index contributed by atoms with van der Waals surface area (Å²) >= 11 is 0. The standard InChI is InChI=1S/C23H25NO6/c1-24-8-7-12-18-19(22(29-5)23(30-6)21(12)28-4)14-10-17(27-3)16(26-2)9-13(14)15(11-25)20(18)24/h9-11H,7-8H2,1-6H3. The normalized spacial score (nSPS) is 12.8. The minimum atomic E-state index is 0.535. The average molecular weight is 411 g/mol. The van der Waals surface area contributed by atoms with Crippen LogP contribution in [0.5, 0.6) is 28.7 Å². The number of aldehydes is 1. The van der Waals surface area contributed by atoms with Gasteiger partial charge in [-0.25, -0.2) is 0 Å². The molecule has 0 fully saturated rings. The lowest BCUT2D eigenvalue weighted by molar-refractivity contribution is 0.112. The third-order valence-electron chi connectivity index (χ3n) is 5.85. The highest BCUT2D eigenvalue weighted by Gasteiger charge is 2.31. The van der Waals surface area contributed by atoms with E-state index in [-0.39, 0.29) is 0 Å². The van der Waals surface area contributed by atoms with Crippen molar-refractivity contribution in [1.29, 1.82) is 0 Å². The number of carbonyl (C=O) groups excluding carboxylic acids is 1. The van der Waals surface area contributed by atoms with Gasteiger partial charge in [0.25, 0.3) is 0 Å². The molecule has 7 heteroatoms. The number of hydrogen-bond donors (Lipinski definition) is 0. The van der Waals surface area contributed by atoms with E-state index in [1.54, 1.807) is 35.5 Å². The lowest BCUT2D eigenvalue weighted by Gasteiger charge is -2.32. The Hall–Kier alpha value is -3.35. The van der Waals surface area contributed by atoms with Gasteiger partial charge in [0.15, 0.2) is 29.3 Å². The van der Waals surface area contributed by atoms with Gasteiger partial charge in [-0.3, -0.25) is 4.79 Å². The van der Waals surface area contributed by atoms with Crippen LogP contribution in [-0.4, -0.2) is 55.4 Å². The van der Waals surface area contributed by atoms with Crippen molar-refractivity contribution in [2.45, 2.75) is 6.42 Å². The molecule has 0 spiro atoms. The summed E-state index contributed by atoms with van der Waals surface area (Å²) in [6, 6.07) is 3.72. The molecule has 158 valence electrons. The topological polar surface area (TPSA) is 66.5 Å². The number of ether oxygens (including phenoxy) is 5. The van der Waals surface area contributed by atoms with Crippen LogP contribution in [0, 0.1) is 0 Å². The first kappa shape index (κ1) is 19.9. The van der Waals surface area contributed by atoms with Gasteiger partial charge in [0.2, 0.25) is 5.75 Å². The number of carbonyl (C=O) groups is 1. The highest BCUT2D eigenvalue weighted by atomic mass is 16.5. The molecule has 0 saturated heterocycles. The van der Waals surface area contributed by atoms with Crippen molar-refractivity contribution in [3.8, 4) is 28.7 Å². The van der Waals surface area contributed by atoms with Crippen LogP contribution in [0.3, 0.4) is 0 Å². The van der Waals surface area contributed by atoms with Crippen LogP contribution < -0.4 is 28.6 Å². The average Bonchev–Trinajstić information content (AvgIpc) is 2.78. The van der Waals surface area contributed by atoms with Gasteiger partial charge in [0.1, 0.15) is 0 Å². The Kier molecular flexibility index (Phi) is 4.97. The van der Waals surface area contributed by atoms with E-state index < -0.39 is 0 Å². The summed E-state index contributed by atoms with van der Waals surface area (Å²) in [5, 5.41) is 3.37. The highest BCUT2D eigenvalue weighted by Crippen LogP contribution is 2.55. The Balaban J connectivity index is 2.38. The maximum atomic E-state index is 12.3. The molecule has 0 N–H and O–H groups in total. The van der Waals surface area contributed by atoms with Crippen molar-refractivity contribution >= 4 is 33.5 Å². The molecule has 0 amide bonds. The van der Waals surface area contributed by atoms with Crippen molar-refractivity contribution in [2.24, 2.45) is 0 Å². The maximum Gasteiger partial charge on any atom is 0.204 e. The summed E-state index contributed by atoms with van der Waals surface area (Å²) in [7, 11) is 9.97. The fraction of sp³-hybridized carbons (Fsp3) is 0.348. The van der Waals surface area contributed by atoms with E-state index in [0.717, 1.165) is 52.0 Å². The molecule has 0 bridgehead atoms. The molecular weight excluding hydrogens is 386 g/mol. The van der Waals surface area contributed by atoms with Gasteiger partial charge in [-0.05, 0) is 29.3 Å². The zero-order chi connectivity index (χ0) is 21.6. The van der Waals surface area contributed by atoms with Crippen molar-refractivity contribution in [3.63, 3.8) is 0 Å². The fourth-order valence-electron chi connectivity index (χ4n) is 4.56. The summed E-state index contributed by atoms with van der Waals surface area (Å²) < 4.78 is 28.3. The van der Waals surface area contributed by atoms with Crippen LogP contribution >= 0.6 is 0 Å². The van der Waals surface area contributed by atoms with Gasteiger partial charge in [-0.1, -0.05) is 0 Å². The van der Waals surface area contributed by atoms with Crippen LogP contribution in [0.15, 0.2) is 12.1 Å². The largest absolute Gasteiger partial charge is 0.493 e. The van der Waals surface area contributed by atoms with Crippen LogP contribution in [0.2, 0.25) is 0 Å². The van der Waals surface area contributed by atoms with Crippen molar-refractivity contribution in [1.82, 2.24) is 0 Å². The van der Waals surface area contributed by atoms with Crippen LogP contribution in [0.4, 0.5) is 5.69 Å². The predicted molar refractivity (Wildman–Crippen MR) is 117 cm³/mol. The summed E-state index contributed by atoms with van der Waals surface area (Å²) in [6.45, 7) is 0.744. The molecule has 1 heterocycles. The second kappa shape index (κ2) is 7.48. The van der Waals surface area contributed by atoms with Gasteiger partial charge in [-0.2, -0.15) is 0 Å². The lowest BCUT2D eigenvalue weighted by atomic mass is 9.87. The number of rotatable bonds is 6. The lowest BCUT2D eigenvalue weighted by Crippen LogP contribution is -2.26. The summed E-state index contributed by atoms with van der Waals surface area (Å²) in [6.07, 6.45) is 1.65. The van der Waals surface area contributed by atoms with Crippen molar-refractivity contribution < 1.29 is 28.5 Å². The first-order valence-corrected chi connectivity index (χ1v) is 9.58. The zero-order valence-corrected chi connectivity index (χ0v) is 18.0. The van der Waals surface area contributed by atoms with Crippen LogP contribution in [0.1, 0.15) is 15.9 Å². The number of hydrogen-bond acceptors (Lipinski definition) is 7. The molecule has 1 aliphatic rings. The molecule has 1 aliphatic heterocycles. The van der Waals surface area contributed by atoms with Gasteiger partial charge < -0.3 is 28.6 Å². The van der Waals surface area contributed by atoms with E-state index in [4.69, 9.17) is 23.7 Å². The monoisotopic (exact) mass is 411 g/mol. The van der Waals surface area contributed by atoms with Gasteiger partial charge >= 0.3 is 0 Å².